The van der Waals surface area contributed by atoms with E-state index < -0.39 is 0 Å². The number of rotatable bonds is 3. The van der Waals surface area contributed by atoms with Gasteiger partial charge in [-0.3, -0.25) is 0 Å². The smallest absolute Gasteiger partial charge is 0.126 e. The summed E-state index contributed by atoms with van der Waals surface area (Å²) in [5.41, 5.74) is 2.39. The Labute approximate surface area is 103 Å². The molecule has 0 unspecified atom stereocenters. The molecule has 0 N–H and O–H groups in total. The highest BCUT2D eigenvalue weighted by Crippen LogP contribution is 2.24. The Morgan fingerprint density at radius 3 is 3.00 bits per heavy atom. The van der Waals surface area contributed by atoms with E-state index in [9.17, 15) is 4.39 Å². The van der Waals surface area contributed by atoms with Gasteiger partial charge in [0.15, 0.2) is 0 Å². The zero-order chi connectivity index (χ0) is 12.3. The Morgan fingerprint density at radius 1 is 1.47 bits per heavy atom. The summed E-state index contributed by atoms with van der Waals surface area (Å²) in [4.78, 5) is 4.43. The minimum absolute atomic E-state index is 0.200. The summed E-state index contributed by atoms with van der Waals surface area (Å²) in [5, 5.41) is 11.4. The van der Waals surface area contributed by atoms with Crippen LogP contribution in [-0.4, -0.2) is 4.98 Å². The van der Waals surface area contributed by atoms with E-state index in [2.05, 4.69) is 11.1 Å². The number of benzene rings is 1. The van der Waals surface area contributed by atoms with Crippen LogP contribution < -0.4 is 0 Å². The van der Waals surface area contributed by atoms with Gasteiger partial charge in [0.05, 0.1) is 16.8 Å². The molecule has 0 saturated heterocycles. The summed E-state index contributed by atoms with van der Waals surface area (Å²) in [7, 11) is 0. The Bertz CT molecular complexity index is 569. The highest BCUT2D eigenvalue weighted by atomic mass is 32.1. The summed E-state index contributed by atoms with van der Waals surface area (Å²) in [6.07, 6.45) is 1.16. The average molecular weight is 246 g/mol. The lowest BCUT2D eigenvalue weighted by Crippen LogP contribution is -1.86. The van der Waals surface area contributed by atoms with Crippen LogP contribution >= 0.6 is 11.3 Å². The molecule has 0 aliphatic carbocycles. The molecule has 2 nitrogen and oxygen atoms in total. The molecule has 0 aliphatic rings. The molecule has 0 spiro atoms. The molecule has 2 aromatic rings. The first-order chi connectivity index (χ1) is 8.20. The van der Waals surface area contributed by atoms with Crippen molar-refractivity contribution >= 4 is 11.3 Å². The molecule has 2 rings (SSSR count). The molecule has 0 saturated carbocycles. The Balaban J connectivity index is 2.25. The van der Waals surface area contributed by atoms with Gasteiger partial charge in [-0.15, -0.1) is 11.3 Å². The third kappa shape index (κ3) is 2.69. The Morgan fingerprint density at radius 2 is 2.29 bits per heavy atom. The van der Waals surface area contributed by atoms with Crippen LogP contribution in [0.4, 0.5) is 4.39 Å². The van der Waals surface area contributed by atoms with Crippen molar-refractivity contribution in [1.29, 1.82) is 5.26 Å². The molecule has 0 atom stereocenters. The van der Waals surface area contributed by atoms with Crippen LogP contribution in [0.25, 0.3) is 11.3 Å². The number of hydrogen-bond donors (Lipinski definition) is 0. The van der Waals surface area contributed by atoms with Crippen LogP contribution in [0.15, 0.2) is 23.6 Å². The standard InChI is InChI=1S/C13H11FN2S/c1-9-7-10(4-5-11(9)14)12-8-17-13(16-12)3-2-6-15/h4-5,7-8H,2-3H2,1H3. The maximum atomic E-state index is 13.1. The lowest BCUT2D eigenvalue weighted by atomic mass is 10.1. The van der Waals surface area contributed by atoms with Crippen molar-refractivity contribution < 1.29 is 4.39 Å². The molecule has 4 heteroatoms. The topological polar surface area (TPSA) is 36.7 Å². The van der Waals surface area contributed by atoms with Gasteiger partial charge in [-0.2, -0.15) is 5.26 Å². The fourth-order valence-corrected chi connectivity index (χ4v) is 2.33. The highest BCUT2D eigenvalue weighted by Gasteiger charge is 2.06. The monoisotopic (exact) mass is 246 g/mol. The second-order valence-corrected chi connectivity index (χ2v) is 4.69. The third-order valence-electron chi connectivity index (χ3n) is 2.46. The van der Waals surface area contributed by atoms with Gasteiger partial charge >= 0.3 is 0 Å². The molecular weight excluding hydrogens is 235 g/mol. The lowest BCUT2D eigenvalue weighted by molar-refractivity contribution is 0.619. The number of aryl methyl sites for hydroxylation is 2. The maximum absolute atomic E-state index is 13.1. The van der Waals surface area contributed by atoms with Crippen LogP contribution in [0.5, 0.6) is 0 Å². The number of hydrogen-bond acceptors (Lipinski definition) is 3. The van der Waals surface area contributed by atoms with Crippen molar-refractivity contribution in [3.63, 3.8) is 0 Å². The van der Waals surface area contributed by atoms with Gasteiger partial charge < -0.3 is 0 Å². The molecule has 1 heterocycles. The lowest BCUT2D eigenvalue weighted by Gasteiger charge is -1.99. The minimum atomic E-state index is -0.200. The number of halogens is 1. The molecule has 17 heavy (non-hydrogen) atoms. The van der Waals surface area contributed by atoms with E-state index in [1.165, 1.54) is 17.4 Å². The van der Waals surface area contributed by atoms with Gasteiger partial charge in [-0.25, -0.2) is 9.37 Å². The largest absolute Gasteiger partial charge is 0.241 e. The molecule has 0 fully saturated rings. The first kappa shape index (κ1) is 11.7. The Hall–Kier alpha value is -1.73. The quantitative estimate of drug-likeness (QED) is 0.827. The highest BCUT2D eigenvalue weighted by molar-refractivity contribution is 7.09. The van der Waals surface area contributed by atoms with Gasteiger partial charge in [0, 0.05) is 23.8 Å². The summed E-state index contributed by atoms with van der Waals surface area (Å²) in [5.74, 6) is -0.200. The van der Waals surface area contributed by atoms with Gasteiger partial charge in [0.25, 0.3) is 0 Å². The second kappa shape index (κ2) is 5.07. The normalized spacial score (nSPS) is 10.2. The molecule has 86 valence electrons. The van der Waals surface area contributed by atoms with Gasteiger partial charge in [0.2, 0.25) is 0 Å². The number of aromatic nitrogens is 1. The van der Waals surface area contributed by atoms with E-state index in [-0.39, 0.29) is 5.82 Å². The van der Waals surface area contributed by atoms with Crippen LogP contribution in [0.1, 0.15) is 17.0 Å². The summed E-state index contributed by atoms with van der Waals surface area (Å²) >= 11 is 1.54. The summed E-state index contributed by atoms with van der Waals surface area (Å²) in [6.45, 7) is 1.74. The summed E-state index contributed by atoms with van der Waals surface area (Å²) in [6, 6.07) is 7.07. The van der Waals surface area contributed by atoms with E-state index >= 15 is 0 Å². The molecule has 0 amide bonds. The molecule has 0 aliphatic heterocycles. The zero-order valence-electron chi connectivity index (χ0n) is 9.40. The van der Waals surface area contributed by atoms with E-state index in [1.54, 1.807) is 19.1 Å². The fraction of sp³-hybridized carbons (Fsp3) is 0.231. The Kier molecular flexibility index (Phi) is 3.50. The van der Waals surface area contributed by atoms with Gasteiger partial charge in [-0.1, -0.05) is 0 Å². The molecule has 1 aromatic carbocycles. The van der Waals surface area contributed by atoms with E-state index in [1.807, 2.05) is 5.38 Å². The number of nitriles is 1. The maximum Gasteiger partial charge on any atom is 0.126 e. The minimum Gasteiger partial charge on any atom is -0.241 e. The molecule has 0 bridgehead atoms. The van der Waals surface area contributed by atoms with Crippen molar-refractivity contribution in [2.24, 2.45) is 0 Å². The van der Waals surface area contributed by atoms with E-state index in [0.717, 1.165) is 16.3 Å². The predicted octanol–water partition coefficient (Wildman–Crippen LogP) is 3.71. The van der Waals surface area contributed by atoms with Gasteiger partial charge in [-0.05, 0) is 30.7 Å². The first-order valence-electron chi connectivity index (χ1n) is 5.28. The number of thiazole rings is 1. The van der Waals surface area contributed by atoms with Crippen LogP contribution in [0.3, 0.4) is 0 Å². The summed E-state index contributed by atoms with van der Waals surface area (Å²) < 4.78 is 13.1. The van der Waals surface area contributed by atoms with Crippen molar-refractivity contribution in [1.82, 2.24) is 4.98 Å². The van der Waals surface area contributed by atoms with Crippen molar-refractivity contribution in [3.05, 3.63) is 40.0 Å². The third-order valence-corrected chi connectivity index (χ3v) is 3.36. The first-order valence-corrected chi connectivity index (χ1v) is 6.16. The van der Waals surface area contributed by atoms with E-state index in [4.69, 9.17) is 5.26 Å². The van der Waals surface area contributed by atoms with Crippen molar-refractivity contribution in [2.75, 3.05) is 0 Å². The molecular formula is C13H11FN2S. The predicted molar refractivity (Wildman–Crippen MR) is 66.2 cm³/mol. The van der Waals surface area contributed by atoms with Crippen LogP contribution in [0, 0.1) is 24.1 Å². The SMILES string of the molecule is Cc1cc(-c2csc(CCC#N)n2)ccc1F. The zero-order valence-corrected chi connectivity index (χ0v) is 10.2. The van der Waals surface area contributed by atoms with Gasteiger partial charge in [0.1, 0.15) is 5.82 Å². The molecule has 0 radical (unpaired) electrons. The molecule has 1 aromatic heterocycles. The number of nitrogens with zero attached hydrogens (tertiary/aromatic N) is 2. The van der Waals surface area contributed by atoms with Crippen LogP contribution in [0.2, 0.25) is 0 Å². The van der Waals surface area contributed by atoms with E-state index in [0.29, 0.717) is 18.4 Å². The average Bonchev–Trinajstić information content (AvgIpc) is 2.79. The van der Waals surface area contributed by atoms with Crippen LogP contribution in [-0.2, 0) is 6.42 Å². The fourth-order valence-electron chi connectivity index (χ4n) is 1.53. The van der Waals surface area contributed by atoms with Crippen molar-refractivity contribution in [3.8, 4) is 17.3 Å². The van der Waals surface area contributed by atoms with Crippen molar-refractivity contribution in [2.45, 2.75) is 19.8 Å². The second-order valence-electron chi connectivity index (χ2n) is 3.75.